The summed E-state index contributed by atoms with van der Waals surface area (Å²) in [4.78, 5) is 0. The lowest BCUT2D eigenvalue weighted by atomic mass is 10.3. The van der Waals surface area contributed by atoms with E-state index in [-0.39, 0.29) is 5.96 Å². The molecule has 60 valence electrons. The molecule has 0 bridgehead atoms. The molecular formula is C7H18N3+. The Hall–Kier alpha value is -0.570. The van der Waals surface area contributed by atoms with Gasteiger partial charge in [0.25, 0.3) is 5.96 Å². The van der Waals surface area contributed by atoms with E-state index in [0.29, 0.717) is 4.48 Å². The van der Waals surface area contributed by atoms with Gasteiger partial charge in [-0.2, -0.15) is 0 Å². The van der Waals surface area contributed by atoms with Crippen LogP contribution in [0.1, 0.15) is 19.8 Å². The van der Waals surface area contributed by atoms with Crippen LogP contribution in [-0.4, -0.2) is 31.1 Å². The van der Waals surface area contributed by atoms with Gasteiger partial charge in [-0.15, -0.1) is 0 Å². The summed E-state index contributed by atoms with van der Waals surface area (Å²) in [5, 5.41) is 7.23. The molecule has 0 aliphatic carbocycles. The predicted octanol–water partition coefficient (Wildman–Crippen LogP) is 0.756. The maximum absolute atomic E-state index is 7.23. The van der Waals surface area contributed by atoms with Gasteiger partial charge in [0.1, 0.15) is 0 Å². The van der Waals surface area contributed by atoms with Gasteiger partial charge in [0.15, 0.2) is 0 Å². The molecule has 10 heavy (non-hydrogen) atoms. The summed E-state index contributed by atoms with van der Waals surface area (Å²) in [7, 11) is 3.91. The molecule has 3 heteroatoms. The third-order valence-electron chi connectivity index (χ3n) is 1.72. The lowest BCUT2D eigenvalue weighted by molar-refractivity contribution is -0.801. The molecule has 0 fully saturated rings. The van der Waals surface area contributed by atoms with Crippen molar-refractivity contribution in [3.63, 3.8) is 0 Å². The van der Waals surface area contributed by atoms with Crippen LogP contribution in [0.5, 0.6) is 0 Å². The molecule has 0 aromatic carbocycles. The van der Waals surface area contributed by atoms with Gasteiger partial charge in [-0.1, -0.05) is 13.3 Å². The highest BCUT2D eigenvalue weighted by molar-refractivity contribution is 5.66. The number of nitrogens with one attached hydrogen (secondary N) is 1. The smallest absolute Gasteiger partial charge is 0.291 e. The highest BCUT2D eigenvalue weighted by Crippen LogP contribution is 1.99. The molecule has 0 unspecified atom stereocenters. The Morgan fingerprint density at radius 3 is 2.30 bits per heavy atom. The number of nitrogens with two attached hydrogens (primary N) is 1. The number of nitrogens with zero attached hydrogens (tertiary/aromatic N) is 1. The minimum Gasteiger partial charge on any atom is -0.338 e. The van der Waals surface area contributed by atoms with Gasteiger partial charge in [0, 0.05) is 0 Å². The predicted molar refractivity (Wildman–Crippen MR) is 43.8 cm³/mol. The Balaban J connectivity index is 3.75. The van der Waals surface area contributed by atoms with Crippen molar-refractivity contribution in [1.29, 1.82) is 5.41 Å². The molecular weight excluding hydrogens is 126 g/mol. The zero-order valence-corrected chi connectivity index (χ0v) is 7.15. The molecule has 0 aromatic heterocycles. The fourth-order valence-electron chi connectivity index (χ4n) is 0.674. The van der Waals surface area contributed by atoms with E-state index < -0.39 is 0 Å². The zero-order valence-electron chi connectivity index (χ0n) is 7.15. The quantitative estimate of drug-likeness (QED) is 0.343. The summed E-state index contributed by atoms with van der Waals surface area (Å²) in [6.45, 7) is 3.10. The van der Waals surface area contributed by atoms with Crippen LogP contribution in [0.2, 0.25) is 0 Å². The van der Waals surface area contributed by atoms with E-state index in [0.717, 1.165) is 19.4 Å². The van der Waals surface area contributed by atoms with Gasteiger partial charge in [0.2, 0.25) is 0 Å². The Kier molecular flexibility index (Phi) is 3.36. The van der Waals surface area contributed by atoms with E-state index in [1.807, 2.05) is 14.1 Å². The number of unbranched alkanes of at least 4 members (excludes halogenated alkanes) is 1. The van der Waals surface area contributed by atoms with Crippen molar-refractivity contribution in [3.8, 4) is 0 Å². The average molecular weight is 144 g/mol. The molecule has 3 nitrogen and oxygen atoms in total. The second-order valence-electron chi connectivity index (χ2n) is 3.15. The van der Waals surface area contributed by atoms with E-state index >= 15 is 0 Å². The maximum Gasteiger partial charge on any atom is 0.291 e. The molecule has 0 aliphatic rings. The van der Waals surface area contributed by atoms with Crippen LogP contribution in [0.25, 0.3) is 0 Å². The number of hydrogen-bond donors (Lipinski definition) is 2. The van der Waals surface area contributed by atoms with Crippen molar-refractivity contribution in [3.05, 3.63) is 0 Å². The second kappa shape index (κ2) is 3.56. The molecule has 0 saturated heterocycles. The summed E-state index contributed by atoms with van der Waals surface area (Å²) < 4.78 is 0.522. The minimum atomic E-state index is 0.244. The summed E-state index contributed by atoms with van der Waals surface area (Å²) in [5.74, 6) is 0.244. The average Bonchev–Trinajstić information content (AvgIpc) is 1.84. The largest absolute Gasteiger partial charge is 0.338 e. The van der Waals surface area contributed by atoms with Gasteiger partial charge in [-0.3, -0.25) is 4.48 Å². The lowest BCUT2D eigenvalue weighted by Gasteiger charge is -2.26. The molecule has 0 saturated carbocycles. The first kappa shape index (κ1) is 9.43. The highest BCUT2D eigenvalue weighted by atomic mass is 15.4. The van der Waals surface area contributed by atoms with Gasteiger partial charge in [0.05, 0.1) is 20.6 Å². The van der Waals surface area contributed by atoms with Crippen molar-refractivity contribution < 1.29 is 4.48 Å². The fraction of sp³-hybridized carbons (Fsp3) is 0.857. The maximum atomic E-state index is 7.23. The number of guanidine groups is 1. The lowest BCUT2D eigenvalue weighted by Crippen LogP contribution is -2.50. The van der Waals surface area contributed by atoms with Crippen molar-refractivity contribution in [2.45, 2.75) is 19.8 Å². The van der Waals surface area contributed by atoms with Crippen molar-refractivity contribution >= 4 is 5.96 Å². The normalized spacial score (nSPS) is 11.5. The SMILES string of the molecule is CCCC[N+](C)(C)C(=N)N. The second-order valence-corrected chi connectivity index (χ2v) is 3.15. The van der Waals surface area contributed by atoms with Gasteiger partial charge < -0.3 is 5.73 Å². The molecule has 0 spiro atoms. The Morgan fingerprint density at radius 2 is 2.00 bits per heavy atom. The van der Waals surface area contributed by atoms with Gasteiger partial charge in [-0.05, 0) is 6.42 Å². The topological polar surface area (TPSA) is 49.9 Å². The van der Waals surface area contributed by atoms with E-state index in [9.17, 15) is 0 Å². The van der Waals surface area contributed by atoms with Crippen LogP contribution in [0.4, 0.5) is 0 Å². The Labute approximate surface area is 62.9 Å². The third-order valence-corrected chi connectivity index (χ3v) is 1.72. The first-order valence-corrected chi connectivity index (χ1v) is 3.68. The first-order valence-electron chi connectivity index (χ1n) is 3.68. The fourth-order valence-corrected chi connectivity index (χ4v) is 0.674. The third kappa shape index (κ3) is 2.82. The number of hydrogen-bond acceptors (Lipinski definition) is 1. The summed E-state index contributed by atoms with van der Waals surface area (Å²) >= 11 is 0. The van der Waals surface area contributed by atoms with E-state index in [1.54, 1.807) is 0 Å². The molecule has 0 rings (SSSR count). The minimum absolute atomic E-state index is 0.244. The molecule has 3 N–H and O–H groups in total. The highest BCUT2D eigenvalue weighted by Gasteiger charge is 2.17. The Bertz CT molecular complexity index is 118. The van der Waals surface area contributed by atoms with Gasteiger partial charge in [-0.25, -0.2) is 5.41 Å². The van der Waals surface area contributed by atoms with E-state index in [2.05, 4.69) is 6.92 Å². The first-order chi connectivity index (χ1) is 4.50. The van der Waals surface area contributed by atoms with Crippen LogP contribution >= 0.6 is 0 Å². The van der Waals surface area contributed by atoms with Crippen molar-refractivity contribution in [2.75, 3.05) is 20.6 Å². The zero-order chi connectivity index (χ0) is 8.20. The molecule has 0 heterocycles. The number of quaternary nitrogens is 1. The van der Waals surface area contributed by atoms with Crippen LogP contribution in [0, 0.1) is 5.41 Å². The standard InChI is InChI=1S/C7H18N3/c1-4-5-6-10(2,3)7(8)9/h4-6H2,1-3H3,(H3,8,9)/q+1. The Morgan fingerprint density at radius 1 is 1.50 bits per heavy atom. The van der Waals surface area contributed by atoms with Gasteiger partial charge >= 0.3 is 0 Å². The molecule has 0 aromatic rings. The van der Waals surface area contributed by atoms with Crippen LogP contribution in [0.15, 0.2) is 0 Å². The van der Waals surface area contributed by atoms with Crippen molar-refractivity contribution in [2.24, 2.45) is 5.73 Å². The molecule has 0 aliphatic heterocycles. The monoisotopic (exact) mass is 144 g/mol. The molecule has 0 amide bonds. The summed E-state index contributed by atoms with van der Waals surface area (Å²) in [5.41, 5.74) is 5.37. The van der Waals surface area contributed by atoms with Crippen LogP contribution < -0.4 is 5.73 Å². The van der Waals surface area contributed by atoms with Crippen LogP contribution in [0.3, 0.4) is 0 Å². The molecule has 0 atom stereocenters. The summed E-state index contributed by atoms with van der Waals surface area (Å²) in [6.07, 6.45) is 2.29. The molecule has 0 radical (unpaired) electrons. The summed E-state index contributed by atoms with van der Waals surface area (Å²) in [6, 6.07) is 0. The van der Waals surface area contributed by atoms with E-state index in [4.69, 9.17) is 11.1 Å². The van der Waals surface area contributed by atoms with E-state index in [1.165, 1.54) is 0 Å². The van der Waals surface area contributed by atoms with Crippen LogP contribution in [-0.2, 0) is 0 Å². The number of rotatable bonds is 3. The van der Waals surface area contributed by atoms with Crippen molar-refractivity contribution in [1.82, 2.24) is 0 Å².